The van der Waals surface area contributed by atoms with Crippen LogP contribution in [0.3, 0.4) is 0 Å². The fourth-order valence-electron chi connectivity index (χ4n) is 2.25. The van der Waals surface area contributed by atoms with Crippen molar-refractivity contribution in [2.75, 3.05) is 11.5 Å². The van der Waals surface area contributed by atoms with Crippen molar-refractivity contribution in [2.24, 2.45) is 0 Å². The van der Waals surface area contributed by atoms with Crippen molar-refractivity contribution in [3.05, 3.63) is 35.9 Å². The van der Waals surface area contributed by atoms with E-state index in [1.165, 1.54) is 0 Å². The summed E-state index contributed by atoms with van der Waals surface area (Å²) in [5.41, 5.74) is -0.992. The number of nitrogens with one attached hydrogen (secondary N) is 1. The van der Waals surface area contributed by atoms with E-state index in [0.29, 0.717) is 12.2 Å². The smallest absolute Gasteiger partial charge is 0.330 e. The second kappa shape index (κ2) is 5.48. The number of carbonyl (C=O) groups excluding carboxylic acids is 1. The molecule has 1 aliphatic heterocycles. The first-order valence-electron chi connectivity index (χ1n) is 6.58. The Hall–Kier alpha value is -1.49. The Morgan fingerprint density at radius 1 is 1.30 bits per heavy atom. The average molecular weight is 293 g/mol. The summed E-state index contributed by atoms with van der Waals surface area (Å²) in [5, 5.41) is 12.2. The van der Waals surface area contributed by atoms with E-state index >= 15 is 0 Å². The molecule has 0 aliphatic carbocycles. The Balaban J connectivity index is 2.21. The van der Waals surface area contributed by atoms with E-state index in [0.717, 1.165) is 11.3 Å². The maximum Gasteiger partial charge on any atom is 0.330 e. The van der Waals surface area contributed by atoms with Crippen molar-refractivity contribution < 1.29 is 14.7 Å². The minimum Gasteiger partial charge on any atom is -0.479 e. The summed E-state index contributed by atoms with van der Waals surface area (Å²) in [5.74, 6) is 0.00501. The maximum atomic E-state index is 12.5. The molecular weight excluding hydrogens is 274 g/mol. The van der Waals surface area contributed by atoms with Gasteiger partial charge in [-0.2, -0.15) is 11.8 Å². The summed E-state index contributed by atoms with van der Waals surface area (Å²) in [6.45, 7) is 3.63. The monoisotopic (exact) mass is 293 g/mol. The quantitative estimate of drug-likeness (QED) is 0.891. The first kappa shape index (κ1) is 14.9. The van der Waals surface area contributed by atoms with Crippen LogP contribution < -0.4 is 5.32 Å². The molecule has 20 heavy (non-hydrogen) atoms. The van der Waals surface area contributed by atoms with Crippen LogP contribution in [-0.4, -0.2) is 34.0 Å². The van der Waals surface area contributed by atoms with E-state index in [2.05, 4.69) is 5.32 Å². The third-order valence-corrected chi connectivity index (χ3v) is 5.04. The molecule has 1 heterocycles. The third kappa shape index (κ3) is 2.68. The zero-order valence-electron chi connectivity index (χ0n) is 11.7. The van der Waals surface area contributed by atoms with Crippen molar-refractivity contribution in [3.63, 3.8) is 0 Å². The number of thioether (sulfide) groups is 1. The SMILES string of the molecule is CC(C)(C(=O)NC1(C(=O)O)CCSC1)c1ccccc1. The van der Waals surface area contributed by atoms with Gasteiger partial charge in [-0.05, 0) is 31.6 Å². The fourth-order valence-corrected chi connectivity index (χ4v) is 3.57. The van der Waals surface area contributed by atoms with Crippen LogP contribution in [0.25, 0.3) is 0 Å². The van der Waals surface area contributed by atoms with Crippen LogP contribution in [0, 0.1) is 0 Å². The molecule has 1 aromatic rings. The van der Waals surface area contributed by atoms with E-state index in [-0.39, 0.29) is 5.91 Å². The Morgan fingerprint density at radius 2 is 1.95 bits per heavy atom. The number of carboxylic acid groups (broad SMARTS) is 1. The number of hydrogen-bond acceptors (Lipinski definition) is 3. The lowest BCUT2D eigenvalue weighted by Crippen LogP contribution is -2.58. The normalized spacial score (nSPS) is 22.5. The van der Waals surface area contributed by atoms with Crippen molar-refractivity contribution in [1.82, 2.24) is 5.32 Å². The molecule has 1 amide bonds. The molecule has 1 saturated heterocycles. The first-order chi connectivity index (χ1) is 9.38. The molecule has 108 valence electrons. The van der Waals surface area contributed by atoms with Crippen LogP contribution in [0.5, 0.6) is 0 Å². The zero-order chi connectivity index (χ0) is 14.8. The second-order valence-corrected chi connectivity index (χ2v) is 6.74. The van der Waals surface area contributed by atoms with Gasteiger partial charge in [0.2, 0.25) is 5.91 Å². The van der Waals surface area contributed by atoms with Crippen LogP contribution >= 0.6 is 11.8 Å². The summed E-state index contributed by atoms with van der Waals surface area (Å²) in [6.07, 6.45) is 0.476. The predicted octanol–water partition coefficient (Wildman–Crippen LogP) is 2.04. The predicted molar refractivity (Wildman–Crippen MR) is 79.9 cm³/mol. The van der Waals surface area contributed by atoms with Gasteiger partial charge in [-0.3, -0.25) is 4.79 Å². The Morgan fingerprint density at radius 3 is 2.45 bits per heavy atom. The lowest BCUT2D eigenvalue weighted by atomic mass is 9.82. The van der Waals surface area contributed by atoms with Gasteiger partial charge >= 0.3 is 5.97 Å². The standard InChI is InChI=1S/C15H19NO3S/c1-14(2,11-6-4-3-5-7-11)12(17)16-15(13(18)19)8-9-20-10-15/h3-7H,8-10H2,1-2H3,(H,16,17)(H,18,19). The Kier molecular flexibility index (Phi) is 4.09. The number of carbonyl (C=O) groups is 2. The number of rotatable bonds is 4. The van der Waals surface area contributed by atoms with Gasteiger partial charge < -0.3 is 10.4 Å². The van der Waals surface area contributed by atoms with Gasteiger partial charge in [-0.1, -0.05) is 30.3 Å². The van der Waals surface area contributed by atoms with Crippen LogP contribution in [0.15, 0.2) is 30.3 Å². The first-order valence-corrected chi connectivity index (χ1v) is 7.73. The molecule has 1 aliphatic rings. The molecule has 0 bridgehead atoms. The number of carboxylic acids is 1. The van der Waals surface area contributed by atoms with E-state index in [4.69, 9.17) is 0 Å². The number of aliphatic carboxylic acids is 1. The van der Waals surface area contributed by atoms with Gasteiger partial charge in [0.25, 0.3) is 0 Å². The van der Waals surface area contributed by atoms with E-state index in [1.807, 2.05) is 44.2 Å². The van der Waals surface area contributed by atoms with Crippen molar-refractivity contribution >= 4 is 23.6 Å². The largest absolute Gasteiger partial charge is 0.479 e. The fraction of sp³-hybridized carbons (Fsp3) is 0.467. The Labute approximate surface area is 123 Å². The highest BCUT2D eigenvalue weighted by Crippen LogP contribution is 2.31. The molecule has 0 saturated carbocycles. The minimum absolute atomic E-state index is 0.242. The van der Waals surface area contributed by atoms with Crippen LogP contribution in [-0.2, 0) is 15.0 Å². The summed E-state index contributed by atoms with van der Waals surface area (Å²) >= 11 is 1.56. The third-order valence-electron chi connectivity index (χ3n) is 3.85. The highest BCUT2D eigenvalue weighted by Gasteiger charge is 2.45. The minimum atomic E-state index is -1.12. The van der Waals surface area contributed by atoms with Gasteiger partial charge in [-0.25, -0.2) is 4.79 Å². The molecule has 5 heteroatoms. The molecule has 0 radical (unpaired) electrons. The molecule has 2 N–H and O–H groups in total. The molecule has 1 fully saturated rings. The molecule has 1 unspecified atom stereocenters. The maximum absolute atomic E-state index is 12.5. The molecule has 1 atom stereocenters. The summed E-state index contributed by atoms with van der Waals surface area (Å²) < 4.78 is 0. The van der Waals surface area contributed by atoms with Crippen molar-refractivity contribution in [1.29, 1.82) is 0 Å². The molecular formula is C15H19NO3S. The van der Waals surface area contributed by atoms with Gasteiger partial charge in [-0.15, -0.1) is 0 Å². The van der Waals surface area contributed by atoms with Crippen LogP contribution in [0.4, 0.5) is 0 Å². The topological polar surface area (TPSA) is 66.4 Å². The highest BCUT2D eigenvalue weighted by atomic mass is 32.2. The molecule has 0 spiro atoms. The van der Waals surface area contributed by atoms with Gasteiger partial charge in [0, 0.05) is 5.75 Å². The van der Waals surface area contributed by atoms with E-state index in [9.17, 15) is 14.7 Å². The second-order valence-electron chi connectivity index (χ2n) is 5.63. The van der Waals surface area contributed by atoms with Crippen molar-refractivity contribution in [2.45, 2.75) is 31.2 Å². The molecule has 2 rings (SSSR count). The van der Waals surface area contributed by atoms with Gasteiger partial charge in [0.05, 0.1) is 5.41 Å². The zero-order valence-corrected chi connectivity index (χ0v) is 12.5. The lowest BCUT2D eigenvalue weighted by Gasteiger charge is -2.31. The summed E-state index contributed by atoms with van der Waals surface area (Å²) in [4.78, 5) is 24.0. The number of hydrogen-bond donors (Lipinski definition) is 2. The summed E-state index contributed by atoms with van der Waals surface area (Å²) in [7, 11) is 0. The Bertz CT molecular complexity index is 507. The summed E-state index contributed by atoms with van der Waals surface area (Å²) in [6, 6.07) is 9.42. The molecule has 4 nitrogen and oxygen atoms in total. The molecule has 1 aromatic carbocycles. The van der Waals surface area contributed by atoms with E-state index < -0.39 is 16.9 Å². The molecule has 0 aromatic heterocycles. The lowest BCUT2D eigenvalue weighted by molar-refractivity contribution is -0.147. The highest BCUT2D eigenvalue weighted by molar-refractivity contribution is 7.99. The van der Waals surface area contributed by atoms with E-state index in [1.54, 1.807) is 11.8 Å². The number of benzene rings is 1. The van der Waals surface area contributed by atoms with Crippen LogP contribution in [0.2, 0.25) is 0 Å². The van der Waals surface area contributed by atoms with Gasteiger partial charge in [0.15, 0.2) is 0 Å². The number of amides is 1. The van der Waals surface area contributed by atoms with Crippen LogP contribution in [0.1, 0.15) is 25.8 Å². The van der Waals surface area contributed by atoms with Crippen molar-refractivity contribution in [3.8, 4) is 0 Å². The van der Waals surface area contributed by atoms with Gasteiger partial charge in [0.1, 0.15) is 5.54 Å². The average Bonchev–Trinajstić information content (AvgIpc) is 2.89.